The van der Waals surface area contributed by atoms with Crippen LogP contribution in [0, 0.1) is 6.92 Å². The summed E-state index contributed by atoms with van der Waals surface area (Å²) in [5, 5.41) is 0. The monoisotopic (exact) mass is 169 g/mol. The van der Waals surface area contributed by atoms with Gasteiger partial charge in [0.05, 0.1) is 7.11 Å². The molecule has 0 aliphatic heterocycles. The Morgan fingerprint density at radius 3 is 2.17 bits per heavy atom. The first kappa shape index (κ1) is 9.10. The fourth-order valence-corrected chi connectivity index (χ4v) is 0.893. The highest BCUT2D eigenvalue weighted by Crippen LogP contribution is 2.26. The molecular weight excluding hydrogens is 154 g/mol. The SMILES string of the molecule is COc1nc(C(C)(C)C)oc1C. The van der Waals surface area contributed by atoms with E-state index in [0.717, 1.165) is 11.7 Å². The predicted octanol–water partition coefficient (Wildman–Crippen LogP) is 2.29. The summed E-state index contributed by atoms with van der Waals surface area (Å²) in [6, 6.07) is 0. The topological polar surface area (TPSA) is 35.3 Å². The molecule has 0 aliphatic carbocycles. The third-order valence-electron chi connectivity index (χ3n) is 1.59. The number of hydrogen-bond acceptors (Lipinski definition) is 3. The summed E-state index contributed by atoms with van der Waals surface area (Å²) in [5.41, 5.74) is -0.0540. The highest BCUT2D eigenvalue weighted by atomic mass is 16.5. The van der Waals surface area contributed by atoms with E-state index in [0.29, 0.717) is 5.88 Å². The molecule has 1 heterocycles. The van der Waals surface area contributed by atoms with E-state index >= 15 is 0 Å². The van der Waals surface area contributed by atoms with E-state index in [1.54, 1.807) is 7.11 Å². The molecule has 0 amide bonds. The second-order valence-electron chi connectivity index (χ2n) is 3.83. The van der Waals surface area contributed by atoms with Crippen molar-refractivity contribution in [3.05, 3.63) is 11.7 Å². The summed E-state index contributed by atoms with van der Waals surface area (Å²) < 4.78 is 10.4. The molecule has 1 aromatic heterocycles. The highest BCUT2D eigenvalue weighted by molar-refractivity contribution is 5.17. The van der Waals surface area contributed by atoms with Gasteiger partial charge in [-0.15, -0.1) is 0 Å². The predicted molar refractivity (Wildman–Crippen MR) is 46.5 cm³/mol. The van der Waals surface area contributed by atoms with Crippen LogP contribution in [0.25, 0.3) is 0 Å². The van der Waals surface area contributed by atoms with Gasteiger partial charge in [0.25, 0.3) is 5.88 Å². The maximum absolute atomic E-state index is 5.43. The Balaban J connectivity index is 3.05. The van der Waals surface area contributed by atoms with Gasteiger partial charge in [0.1, 0.15) is 0 Å². The molecule has 1 rings (SSSR count). The molecule has 0 atom stereocenters. The molecule has 0 aliphatic rings. The largest absolute Gasteiger partial charge is 0.479 e. The first-order valence-electron chi connectivity index (χ1n) is 3.97. The smallest absolute Gasteiger partial charge is 0.255 e. The van der Waals surface area contributed by atoms with Crippen LogP contribution in [-0.4, -0.2) is 12.1 Å². The van der Waals surface area contributed by atoms with Crippen LogP contribution in [-0.2, 0) is 5.41 Å². The number of methoxy groups -OCH3 is 1. The van der Waals surface area contributed by atoms with Crippen molar-refractivity contribution in [3.63, 3.8) is 0 Å². The van der Waals surface area contributed by atoms with Gasteiger partial charge in [-0.2, -0.15) is 4.98 Å². The van der Waals surface area contributed by atoms with Crippen molar-refractivity contribution in [2.45, 2.75) is 33.1 Å². The van der Waals surface area contributed by atoms with Gasteiger partial charge >= 0.3 is 0 Å². The van der Waals surface area contributed by atoms with Crippen LogP contribution in [0.5, 0.6) is 5.88 Å². The van der Waals surface area contributed by atoms with Crippen molar-refractivity contribution in [1.29, 1.82) is 0 Å². The van der Waals surface area contributed by atoms with Crippen LogP contribution in [0.2, 0.25) is 0 Å². The van der Waals surface area contributed by atoms with E-state index in [-0.39, 0.29) is 5.41 Å². The van der Waals surface area contributed by atoms with Crippen molar-refractivity contribution in [2.24, 2.45) is 0 Å². The van der Waals surface area contributed by atoms with Gasteiger partial charge in [0.15, 0.2) is 5.76 Å². The van der Waals surface area contributed by atoms with Gasteiger partial charge in [0.2, 0.25) is 5.89 Å². The molecule has 0 radical (unpaired) electrons. The molecule has 0 unspecified atom stereocenters. The first-order valence-corrected chi connectivity index (χ1v) is 3.97. The molecule has 3 heteroatoms. The van der Waals surface area contributed by atoms with Crippen LogP contribution < -0.4 is 4.74 Å². The lowest BCUT2D eigenvalue weighted by molar-refractivity contribution is 0.374. The Morgan fingerprint density at radius 1 is 1.33 bits per heavy atom. The Bertz CT molecular complexity index is 271. The second kappa shape index (κ2) is 2.81. The maximum atomic E-state index is 5.43. The molecule has 0 fully saturated rings. The van der Waals surface area contributed by atoms with E-state index in [9.17, 15) is 0 Å². The van der Waals surface area contributed by atoms with E-state index in [1.807, 2.05) is 6.92 Å². The number of aromatic nitrogens is 1. The minimum absolute atomic E-state index is 0.0540. The number of oxazole rings is 1. The lowest BCUT2D eigenvalue weighted by Gasteiger charge is -2.11. The van der Waals surface area contributed by atoms with Crippen LogP contribution in [0.15, 0.2) is 4.42 Å². The highest BCUT2D eigenvalue weighted by Gasteiger charge is 2.22. The molecule has 0 saturated carbocycles. The van der Waals surface area contributed by atoms with E-state index in [2.05, 4.69) is 25.8 Å². The van der Waals surface area contributed by atoms with Gasteiger partial charge < -0.3 is 9.15 Å². The fraction of sp³-hybridized carbons (Fsp3) is 0.667. The summed E-state index contributed by atoms with van der Waals surface area (Å²) in [7, 11) is 1.59. The number of aryl methyl sites for hydroxylation is 1. The normalized spacial score (nSPS) is 11.8. The fourth-order valence-electron chi connectivity index (χ4n) is 0.893. The summed E-state index contributed by atoms with van der Waals surface area (Å²) in [4.78, 5) is 4.21. The Hall–Kier alpha value is -0.990. The van der Waals surface area contributed by atoms with Crippen molar-refractivity contribution in [1.82, 2.24) is 4.98 Å². The summed E-state index contributed by atoms with van der Waals surface area (Å²) >= 11 is 0. The number of nitrogens with zero attached hydrogens (tertiary/aromatic N) is 1. The van der Waals surface area contributed by atoms with E-state index in [4.69, 9.17) is 9.15 Å². The Kier molecular flexibility index (Phi) is 2.13. The van der Waals surface area contributed by atoms with E-state index in [1.165, 1.54) is 0 Å². The Morgan fingerprint density at radius 2 is 1.92 bits per heavy atom. The number of ether oxygens (including phenoxy) is 1. The van der Waals surface area contributed by atoms with Crippen LogP contribution in [0.3, 0.4) is 0 Å². The lowest BCUT2D eigenvalue weighted by atomic mass is 9.97. The van der Waals surface area contributed by atoms with Gasteiger partial charge in [0, 0.05) is 5.41 Å². The molecule has 1 aromatic rings. The first-order chi connectivity index (χ1) is 5.45. The molecule has 0 N–H and O–H groups in total. The zero-order valence-electron chi connectivity index (χ0n) is 8.26. The van der Waals surface area contributed by atoms with Gasteiger partial charge in [-0.1, -0.05) is 20.8 Å². The zero-order chi connectivity index (χ0) is 9.35. The molecule has 0 saturated heterocycles. The quantitative estimate of drug-likeness (QED) is 0.647. The standard InChI is InChI=1S/C9H15NO2/c1-6-7(11-5)10-8(12-6)9(2,3)4/h1-5H3. The van der Waals surface area contributed by atoms with Crippen molar-refractivity contribution >= 4 is 0 Å². The molecule has 68 valence electrons. The molecular formula is C9H15NO2. The summed E-state index contributed by atoms with van der Waals surface area (Å²) in [6.07, 6.45) is 0. The number of hydrogen-bond donors (Lipinski definition) is 0. The molecule has 12 heavy (non-hydrogen) atoms. The minimum Gasteiger partial charge on any atom is -0.479 e. The number of rotatable bonds is 1. The second-order valence-corrected chi connectivity index (χ2v) is 3.83. The van der Waals surface area contributed by atoms with Gasteiger partial charge in [-0.05, 0) is 6.92 Å². The maximum Gasteiger partial charge on any atom is 0.255 e. The molecule has 0 spiro atoms. The summed E-state index contributed by atoms with van der Waals surface area (Å²) in [5.74, 6) is 2.04. The average Bonchev–Trinajstić information content (AvgIpc) is 2.29. The average molecular weight is 169 g/mol. The lowest BCUT2D eigenvalue weighted by Crippen LogP contribution is -2.11. The van der Waals surface area contributed by atoms with Crippen molar-refractivity contribution < 1.29 is 9.15 Å². The van der Waals surface area contributed by atoms with Crippen molar-refractivity contribution in [2.75, 3.05) is 7.11 Å². The van der Waals surface area contributed by atoms with Crippen molar-refractivity contribution in [3.8, 4) is 5.88 Å². The third kappa shape index (κ3) is 1.60. The third-order valence-corrected chi connectivity index (χ3v) is 1.59. The van der Waals surface area contributed by atoms with Crippen LogP contribution in [0.4, 0.5) is 0 Å². The molecule has 0 bridgehead atoms. The zero-order valence-corrected chi connectivity index (χ0v) is 8.26. The van der Waals surface area contributed by atoms with Gasteiger partial charge in [-0.3, -0.25) is 0 Å². The molecule has 0 aromatic carbocycles. The van der Waals surface area contributed by atoms with Crippen LogP contribution in [0.1, 0.15) is 32.4 Å². The van der Waals surface area contributed by atoms with Crippen LogP contribution >= 0.6 is 0 Å². The Labute approximate surface area is 72.7 Å². The van der Waals surface area contributed by atoms with E-state index < -0.39 is 0 Å². The minimum atomic E-state index is -0.0540. The summed E-state index contributed by atoms with van der Waals surface area (Å²) in [6.45, 7) is 8.01. The van der Waals surface area contributed by atoms with Gasteiger partial charge in [-0.25, -0.2) is 0 Å². The molecule has 3 nitrogen and oxygen atoms in total.